The Morgan fingerprint density at radius 1 is 0.938 bits per heavy atom. The molecule has 1 amide bonds. The molecule has 0 N–H and O–H groups in total. The number of fused-ring (bicyclic) bond motifs is 1. The molecule has 0 radical (unpaired) electrons. The molecule has 32 heavy (non-hydrogen) atoms. The van der Waals surface area contributed by atoms with Crippen molar-refractivity contribution in [1.82, 2.24) is 4.90 Å². The van der Waals surface area contributed by atoms with Gasteiger partial charge in [0.05, 0.1) is 11.5 Å². The van der Waals surface area contributed by atoms with Crippen LogP contribution in [-0.4, -0.2) is 42.3 Å². The zero-order valence-corrected chi connectivity index (χ0v) is 17.7. The minimum absolute atomic E-state index is 0.192. The van der Waals surface area contributed by atoms with E-state index in [4.69, 9.17) is 4.74 Å². The molecule has 0 bridgehead atoms. The van der Waals surface area contributed by atoms with Crippen LogP contribution in [0, 0.1) is 17.6 Å². The zero-order chi connectivity index (χ0) is 22.7. The number of aryl methyl sites for hydroxylation is 2. The van der Waals surface area contributed by atoms with Crippen molar-refractivity contribution < 1.29 is 27.9 Å². The summed E-state index contributed by atoms with van der Waals surface area (Å²) in [6, 6.07) is 8.53. The number of hydrogen-bond acceptors (Lipinski definition) is 4. The molecule has 2 aliphatic rings. The Balaban J connectivity index is 1.27. The van der Waals surface area contributed by atoms with E-state index in [9.17, 15) is 23.2 Å². The van der Waals surface area contributed by atoms with E-state index in [-0.39, 0.29) is 31.0 Å². The van der Waals surface area contributed by atoms with Gasteiger partial charge >= 0.3 is 5.97 Å². The van der Waals surface area contributed by atoms with Gasteiger partial charge in [-0.2, -0.15) is 0 Å². The summed E-state index contributed by atoms with van der Waals surface area (Å²) in [4.78, 5) is 38.8. The van der Waals surface area contributed by atoms with Gasteiger partial charge in [0, 0.05) is 24.7 Å². The number of likely N-dealkylation sites (tertiary alicyclic amines) is 1. The lowest BCUT2D eigenvalue weighted by Gasteiger charge is -2.31. The normalized spacial score (nSPS) is 16.4. The van der Waals surface area contributed by atoms with E-state index in [1.807, 2.05) is 12.1 Å². The second kappa shape index (κ2) is 9.59. The lowest BCUT2D eigenvalue weighted by Crippen LogP contribution is -2.41. The van der Waals surface area contributed by atoms with Crippen molar-refractivity contribution >= 4 is 17.7 Å². The molecular formula is C25H25F2NO4. The topological polar surface area (TPSA) is 63.7 Å². The third kappa shape index (κ3) is 4.87. The Kier molecular flexibility index (Phi) is 6.63. The number of carbonyl (C=O) groups is 3. The van der Waals surface area contributed by atoms with E-state index >= 15 is 0 Å². The number of hydrogen-bond donors (Lipinski definition) is 0. The number of ketones is 1. The highest BCUT2D eigenvalue weighted by atomic mass is 19.1. The summed E-state index contributed by atoms with van der Waals surface area (Å²) >= 11 is 0. The van der Waals surface area contributed by atoms with E-state index < -0.39 is 29.4 Å². The maximum absolute atomic E-state index is 13.9. The van der Waals surface area contributed by atoms with Crippen LogP contribution < -0.4 is 0 Å². The quantitative estimate of drug-likeness (QED) is 0.517. The van der Waals surface area contributed by atoms with Crippen LogP contribution in [0.3, 0.4) is 0 Å². The third-order valence-electron chi connectivity index (χ3n) is 6.29. The van der Waals surface area contributed by atoms with Gasteiger partial charge < -0.3 is 9.64 Å². The summed E-state index contributed by atoms with van der Waals surface area (Å²) in [6.07, 6.45) is 5.01. The van der Waals surface area contributed by atoms with E-state index in [1.54, 1.807) is 6.07 Å². The molecule has 5 nitrogen and oxygen atoms in total. The van der Waals surface area contributed by atoms with Gasteiger partial charge in [-0.05, 0) is 67.9 Å². The predicted octanol–water partition coefficient (Wildman–Crippen LogP) is 4.12. The van der Waals surface area contributed by atoms with Gasteiger partial charge in [-0.1, -0.05) is 12.1 Å². The molecule has 0 spiro atoms. The molecule has 2 aromatic carbocycles. The average Bonchev–Trinajstić information content (AvgIpc) is 2.81. The molecule has 2 aromatic rings. The van der Waals surface area contributed by atoms with Crippen LogP contribution in [0.15, 0.2) is 36.4 Å². The standard InChI is InChI=1S/C25H25F2NO4/c26-20-7-8-21(22(27)14-20)24(30)28-11-9-17(10-12-28)25(31)32-15-23(29)19-6-5-16-3-1-2-4-18(16)13-19/h5-8,13-14,17H,1-4,9-12,15H2. The number of ether oxygens (including phenoxy) is 1. The van der Waals surface area contributed by atoms with Gasteiger partial charge in [-0.25, -0.2) is 8.78 Å². The van der Waals surface area contributed by atoms with Gasteiger partial charge in [0.25, 0.3) is 5.91 Å². The highest BCUT2D eigenvalue weighted by Gasteiger charge is 2.30. The average molecular weight is 441 g/mol. The van der Waals surface area contributed by atoms with Crippen LogP contribution in [0.25, 0.3) is 0 Å². The molecule has 1 fully saturated rings. The second-order valence-corrected chi connectivity index (χ2v) is 8.41. The van der Waals surface area contributed by atoms with Gasteiger partial charge in [-0.15, -0.1) is 0 Å². The number of amides is 1. The first-order valence-electron chi connectivity index (χ1n) is 11.0. The maximum Gasteiger partial charge on any atom is 0.309 e. The molecule has 0 atom stereocenters. The Morgan fingerprint density at radius 3 is 2.38 bits per heavy atom. The Hall–Kier alpha value is -3.09. The number of Topliss-reactive ketones (excluding diaryl/α,β-unsaturated/α-hetero) is 1. The van der Waals surface area contributed by atoms with Crippen molar-refractivity contribution in [1.29, 1.82) is 0 Å². The van der Waals surface area contributed by atoms with Gasteiger partial charge in [0.15, 0.2) is 12.4 Å². The van der Waals surface area contributed by atoms with E-state index in [1.165, 1.54) is 22.4 Å². The van der Waals surface area contributed by atoms with E-state index in [2.05, 4.69) is 0 Å². The molecule has 168 valence electrons. The first-order chi connectivity index (χ1) is 15.4. The maximum atomic E-state index is 13.9. The molecule has 0 saturated carbocycles. The largest absolute Gasteiger partial charge is 0.457 e. The van der Waals surface area contributed by atoms with Crippen LogP contribution >= 0.6 is 0 Å². The molecular weight excluding hydrogens is 416 g/mol. The monoisotopic (exact) mass is 441 g/mol. The number of piperidine rings is 1. The lowest BCUT2D eigenvalue weighted by molar-refractivity contribution is -0.148. The molecule has 0 aromatic heterocycles. The third-order valence-corrected chi connectivity index (χ3v) is 6.29. The molecule has 1 aliphatic heterocycles. The summed E-state index contributed by atoms with van der Waals surface area (Å²) in [5, 5.41) is 0. The molecule has 7 heteroatoms. The summed E-state index contributed by atoms with van der Waals surface area (Å²) in [7, 11) is 0. The van der Waals surface area contributed by atoms with Crippen molar-refractivity contribution in [2.75, 3.05) is 19.7 Å². The predicted molar refractivity (Wildman–Crippen MR) is 113 cm³/mol. The Bertz CT molecular complexity index is 1040. The molecule has 4 rings (SSSR count). The summed E-state index contributed by atoms with van der Waals surface area (Å²) in [5.74, 6) is -3.30. The fourth-order valence-corrected chi connectivity index (χ4v) is 4.40. The molecule has 1 saturated heterocycles. The van der Waals surface area contributed by atoms with Crippen molar-refractivity contribution in [2.24, 2.45) is 5.92 Å². The fourth-order valence-electron chi connectivity index (χ4n) is 4.40. The van der Waals surface area contributed by atoms with Gasteiger partial charge in [-0.3, -0.25) is 14.4 Å². The van der Waals surface area contributed by atoms with E-state index in [0.717, 1.165) is 31.4 Å². The van der Waals surface area contributed by atoms with Crippen LogP contribution in [-0.2, 0) is 22.4 Å². The van der Waals surface area contributed by atoms with E-state index in [0.29, 0.717) is 24.5 Å². The van der Waals surface area contributed by atoms with Crippen molar-refractivity contribution in [2.45, 2.75) is 38.5 Å². The van der Waals surface area contributed by atoms with Crippen LogP contribution in [0.4, 0.5) is 8.78 Å². The molecule has 0 unspecified atom stereocenters. The molecule has 1 aliphatic carbocycles. The van der Waals surface area contributed by atoms with Gasteiger partial charge in [0.2, 0.25) is 0 Å². The van der Waals surface area contributed by atoms with Crippen molar-refractivity contribution in [3.63, 3.8) is 0 Å². The number of carbonyl (C=O) groups excluding carboxylic acids is 3. The summed E-state index contributed by atoms with van der Waals surface area (Å²) in [5.41, 5.74) is 2.85. The highest BCUT2D eigenvalue weighted by Crippen LogP contribution is 2.24. The van der Waals surface area contributed by atoms with Gasteiger partial charge in [0.1, 0.15) is 11.6 Å². The number of benzene rings is 2. The second-order valence-electron chi connectivity index (χ2n) is 8.41. The smallest absolute Gasteiger partial charge is 0.309 e. The fraction of sp³-hybridized carbons (Fsp3) is 0.400. The number of esters is 1. The minimum atomic E-state index is -0.905. The SMILES string of the molecule is O=C(COC(=O)C1CCN(C(=O)c2ccc(F)cc2F)CC1)c1ccc2c(c1)CCCC2. The van der Waals surface area contributed by atoms with Crippen molar-refractivity contribution in [3.8, 4) is 0 Å². The lowest BCUT2D eigenvalue weighted by atomic mass is 9.90. The summed E-state index contributed by atoms with van der Waals surface area (Å²) in [6.45, 7) is 0.208. The summed E-state index contributed by atoms with van der Waals surface area (Å²) < 4.78 is 32.2. The first-order valence-corrected chi connectivity index (χ1v) is 11.0. The Labute approximate surface area is 185 Å². The first kappa shape index (κ1) is 22.1. The van der Waals surface area contributed by atoms with Crippen molar-refractivity contribution in [3.05, 3.63) is 70.3 Å². The van der Waals surface area contributed by atoms with Crippen LogP contribution in [0.2, 0.25) is 0 Å². The Morgan fingerprint density at radius 2 is 1.66 bits per heavy atom. The number of nitrogens with zero attached hydrogens (tertiary/aromatic N) is 1. The minimum Gasteiger partial charge on any atom is -0.457 e. The van der Waals surface area contributed by atoms with Crippen LogP contribution in [0.1, 0.15) is 57.5 Å². The zero-order valence-electron chi connectivity index (χ0n) is 17.7. The number of halogens is 2. The van der Waals surface area contributed by atoms with Crippen LogP contribution in [0.5, 0.6) is 0 Å². The number of rotatable bonds is 5. The highest BCUT2D eigenvalue weighted by molar-refractivity contribution is 5.98. The molecule has 1 heterocycles.